The molecule has 0 unspecified atom stereocenters. The number of benzene rings is 2. The summed E-state index contributed by atoms with van der Waals surface area (Å²) in [5, 5.41) is 13.6. The Hall–Kier alpha value is -3.46. The number of nitro benzene ring substituents is 1. The number of fused-ring (bicyclic) bond motifs is 1. The van der Waals surface area contributed by atoms with Crippen molar-refractivity contribution in [1.29, 1.82) is 0 Å². The third-order valence-corrected chi connectivity index (χ3v) is 5.76. The number of anilines is 1. The molecule has 4 rings (SSSR count). The molecule has 1 atom stereocenters. The summed E-state index contributed by atoms with van der Waals surface area (Å²) in [5.74, 6) is -0.161. The minimum Gasteiger partial charge on any atom is -0.325 e. The molecule has 0 spiro atoms. The van der Waals surface area contributed by atoms with Crippen LogP contribution < -0.4 is 11.0 Å². The first-order valence-electron chi connectivity index (χ1n) is 9.92. The molecule has 3 aromatic rings. The number of piperidine rings is 1. The van der Waals surface area contributed by atoms with Crippen molar-refractivity contribution in [3.63, 3.8) is 0 Å². The van der Waals surface area contributed by atoms with Crippen LogP contribution in [0.5, 0.6) is 0 Å². The van der Waals surface area contributed by atoms with Crippen molar-refractivity contribution in [2.75, 3.05) is 18.4 Å². The first kappa shape index (κ1) is 19.8. The fraction of sp³-hybridized carbons (Fsp3) is 0.333. The van der Waals surface area contributed by atoms with Crippen LogP contribution in [0.25, 0.3) is 11.0 Å². The van der Waals surface area contributed by atoms with Gasteiger partial charge in [-0.2, -0.15) is 0 Å². The Morgan fingerprint density at radius 3 is 2.50 bits per heavy atom. The maximum atomic E-state index is 12.6. The summed E-state index contributed by atoms with van der Waals surface area (Å²) in [6, 6.07) is 13.2. The maximum absolute atomic E-state index is 12.6. The summed E-state index contributed by atoms with van der Waals surface area (Å²) < 4.78 is 1.83. The van der Waals surface area contributed by atoms with Crippen molar-refractivity contribution in [3.8, 4) is 0 Å². The number of amides is 1. The van der Waals surface area contributed by atoms with Gasteiger partial charge in [-0.25, -0.2) is 4.79 Å². The lowest BCUT2D eigenvalue weighted by atomic mass is 10.0. The monoisotopic (exact) mass is 409 g/mol. The van der Waals surface area contributed by atoms with Gasteiger partial charge in [-0.15, -0.1) is 0 Å². The number of nitrogens with zero attached hydrogens (tertiary/aromatic N) is 3. The number of likely N-dealkylation sites (tertiary alicyclic amines) is 1. The Kier molecular flexibility index (Phi) is 5.37. The number of non-ortho nitro benzene ring substituents is 1. The minimum atomic E-state index is -0.475. The van der Waals surface area contributed by atoms with Gasteiger partial charge in [-0.1, -0.05) is 12.1 Å². The molecule has 9 heteroatoms. The van der Waals surface area contributed by atoms with E-state index in [1.54, 1.807) is 0 Å². The second kappa shape index (κ2) is 8.11. The van der Waals surface area contributed by atoms with Gasteiger partial charge in [0, 0.05) is 37.0 Å². The molecule has 2 heterocycles. The van der Waals surface area contributed by atoms with Crippen LogP contribution in [-0.2, 0) is 4.79 Å². The molecule has 156 valence electrons. The van der Waals surface area contributed by atoms with Crippen molar-refractivity contribution in [2.45, 2.75) is 31.8 Å². The number of rotatable bonds is 5. The first-order valence-corrected chi connectivity index (χ1v) is 9.92. The minimum absolute atomic E-state index is 0.0179. The third kappa shape index (κ3) is 3.84. The highest BCUT2D eigenvalue weighted by atomic mass is 16.6. The zero-order valence-corrected chi connectivity index (χ0v) is 16.6. The molecule has 2 N–H and O–H groups in total. The summed E-state index contributed by atoms with van der Waals surface area (Å²) in [6.07, 6.45) is 1.55. The molecule has 9 nitrogen and oxygen atoms in total. The number of imidazole rings is 1. The van der Waals surface area contributed by atoms with Crippen molar-refractivity contribution < 1.29 is 9.72 Å². The van der Waals surface area contributed by atoms with E-state index in [2.05, 4.69) is 15.2 Å². The summed E-state index contributed by atoms with van der Waals surface area (Å²) in [6.45, 7) is 3.25. The predicted molar refractivity (Wildman–Crippen MR) is 114 cm³/mol. The van der Waals surface area contributed by atoms with E-state index < -0.39 is 4.92 Å². The van der Waals surface area contributed by atoms with Gasteiger partial charge >= 0.3 is 5.69 Å². The molecule has 0 radical (unpaired) electrons. The predicted octanol–water partition coefficient (Wildman–Crippen LogP) is 2.90. The van der Waals surface area contributed by atoms with Gasteiger partial charge in [0.05, 0.1) is 22.0 Å². The van der Waals surface area contributed by atoms with Crippen LogP contribution in [0.1, 0.15) is 25.8 Å². The second-order valence-corrected chi connectivity index (χ2v) is 7.55. The number of carbonyl (C=O) groups excluding carboxylic acids is 1. The van der Waals surface area contributed by atoms with Crippen molar-refractivity contribution in [2.24, 2.45) is 0 Å². The van der Waals surface area contributed by atoms with Gasteiger partial charge in [0.1, 0.15) is 0 Å². The Morgan fingerprint density at radius 1 is 1.17 bits per heavy atom. The van der Waals surface area contributed by atoms with E-state index >= 15 is 0 Å². The highest BCUT2D eigenvalue weighted by molar-refractivity contribution is 5.94. The smallest absolute Gasteiger partial charge is 0.325 e. The summed E-state index contributed by atoms with van der Waals surface area (Å²) in [5.41, 5.74) is 2.15. The van der Waals surface area contributed by atoms with Crippen LogP contribution in [-0.4, -0.2) is 44.4 Å². The normalized spacial score (nSPS) is 16.4. The number of nitrogens with one attached hydrogen (secondary N) is 2. The van der Waals surface area contributed by atoms with Crippen molar-refractivity contribution >= 4 is 28.3 Å². The van der Waals surface area contributed by atoms with E-state index in [-0.39, 0.29) is 29.4 Å². The average Bonchev–Trinajstić information content (AvgIpc) is 3.09. The maximum Gasteiger partial charge on any atom is 0.326 e. The largest absolute Gasteiger partial charge is 0.326 e. The summed E-state index contributed by atoms with van der Waals surface area (Å²) in [4.78, 5) is 40.3. The SMILES string of the molecule is C[C@H](C(=O)Nc1ccc([N+](=O)[O-])cc1)N1CCC(n2c(=O)[nH]c3ccccc32)CC1. The molecule has 1 aliphatic rings. The van der Waals surface area contributed by atoms with Crippen molar-refractivity contribution in [3.05, 3.63) is 69.1 Å². The number of para-hydroxylation sites is 2. The standard InChI is InChI=1S/C21H23N5O4/c1-14(20(27)22-15-6-8-17(9-7-15)26(29)30)24-12-10-16(11-13-24)25-19-5-3-2-4-18(19)23-21(25)28/h2-9,14,16H,10-13H2,1H3,(H,22,27)(H,23,28)/t14-/m1/s1. The van der Waals surface area contributed by atoms with Crippen LogP contribution in [0.3, 0.4) is 0 Å². The Balaban J connectivity index is 1.38. The zero-order valence-electron chi connectivity index (χ0n) is 16.6. The summed E-state index contributed by atoms with van der Waals surface area (Å²) in [7, 11) is 0. The van der Waals surface area contributed by atoms with Gasteiger partial charge in [0.2, 0.25) is 5.91 Å². The number of carbonyl (C=O) groups is 1. The quantitative estimate of drug-likeness (QED) is 0.497. The molecule has 0 saturated carbocycles. The molecular formula is C21H23N5O4. The highest BCUT2D eigenvalue weighted by Gasteiger charge is 2.28. The Labute approximate surface area is 172 Å². The lowest BCUT2D eigenvalue weighted by Crippen LogP contribution is -2.46. The van der Waals surface area contributed by atoms with Gasteiger partial charge in [0.15, 0.2) is 0 Å². The lowest BCUT2D eigenvalue weighted by molar-refractivity contribution is -0.384. The molecule has 1 aliphatic heterocycles. The number of nitro groups is 1. The van der Waals surface area contributed by atoms with E-state index in [0.717, 1.165) is 23.9 Å². The van der Waals surface area contributed by atoms with E-state index in [1.165, 1.54) is 24.3 Å². The average molecular weight is 409 g/mol. The second-order valence-electron chi connectivity index (χ2n) is 7.55. The number of aromatic nitrogens is 2. The molecular weight excluding hydrogens is 386 g/mol. The van der Waals surface area contributed by atoms with Crippen LogP contribution in [0.15, 0.2) is 53.3 Å². The van der Waals surface area contributed by atoms with Crippen LogP contribution in [0.4, 0.5) is 11.4 Å². The number of H-pyrrole nitrogens is 1. The van der Waals surface area contributed by atoms with Gasteiger partial charge in [-0.3, -0.25) is 24.4 Å². The van der Waals surface area contributed by atoms with Crippen LogP contribution in [0.2, 0.25) is 0 Å². The van der Waals surface area contributed by atoms with Crippen LogP contribution >= 0.6 is 0 Å². The molecule has 0 aliphatic carbocycles. The fourth-order valence-corrected chi connectivity index (χ4v) is 4.05. The topological polar surface area (TPSA) is 113 Å². The molecule has 30 heavy (non-hydrogen) atoms. The number of aromatic amines is 1. The third-order valence-electron chi connectivity index (χ3n) is 5.76. The Bertz CT molecular complexity index is 1130. The highest BCUT2D eigenvalue weighted by Crippen LogP contribution is 2.26. The van der Waals surface area contributed by atoms with E-state index in [0.29, 0.717) is 18.8 Å². The van der Waals surface area contributed by atoms with E-state index in [4.69, 9.17) is 0 Å². The van der Waals surface area contributed by atoms with Gasteiger partial charge < -0.3 is 10.3 Å². The lowest BCUT2D eigenvalue weighted by Gasteiger charge is -2.35. The van der Waals surface area contributed by atoms with Crippen molar-refractivity contribution in [1.82, 2.24) is 14.5 Å². The number of hydrogen-bond donors (Lipinski definition) is 2. The van der Waals surface area contributed by atoms with Gasteiger partial charge in [-0.05, 0) is 44.0 Å². The van der Waals surface area contributed by atoms with E-state index in [1.807, 2.05) is 35.8 Å². The molecule has 1 fully saturated rings. The molecule has 1 aromatic heterocycles. The molecule has 1 saturated heterocycles. The Morgan fingerprint density at radius 2 is 1.83 bits per heavy atom. The summed E-state index contributed by atoms with van der Waals surface area (Å²) >= 11 is 0. The van der Waals surface area contributed by atoms with E-state index in [9.17, 15) is 19.7 Å². The van der Waals surface area contributed by atoms with Gasteiger partial charge in [0.25, 0.3) is 5.69 Å². The van der Waals surface area contributed by atoms with Crippen LogP contribution in [0, 0.1) is 10.1 Å². The molecule has 2 aromatic carbocycles. The molecule has 1 amide bonds. The number of hydrogen-bond acceptors (Lipinski definition) is 5. The molecule has 0 bridgehead atoms. The fourth-order valence-electron chi connectivity index (χ4n) is 4.05. The first-order chi connectivity index (χ1) is 14.4. The zero-order chi connectivity index (χ0) is 21.3.